The molecule has 6 nitrogen and oxygen atoms in total. The van der Waals surface area contributed by atoms with Crippen LogP contribution in [-0.4, -0.2) is 22.8 Å². The average Bonchev–Trinajstić information content (AvgIpc) is 2.59. The number of nitrogens with two attached hydrogens (primary N) is 2. The third-order valence-electron chi connectivity index (χ3n) is 2.20. The van der Waals surface area contributed by atoms with Crippen LogP contribution in [0.15, 0.2) is 5.38 Å². The minimum absolute atomic E-state index is 0.0445. The van der Waals surface area contributed by atoms with Gasteiger partial charge in [-0.15, -0.1) is 11.3 Å². The quantitative estimate of drug-likeness (QED) is 0.682. The summed E-state index contributed by atoms with van der Waals surface area (Å²) in [5.74, 6) is -0.865. The summed E-state index contributed by atoms with van der Waals surface area (Å²) in [5, 5.41) is 4.72. The standard InChI is InChI=1S/C10H16N4O2S/c1-5(2)8(9(11)16)14-7(15)3-6-4-17-10(12)13-6/h4-5,8H,3H2,1-2H3,(H2,11,16)(H2,12,13)(H,14,15). The topological polar surface area (TPSA) is 111 Å². The molecule has 0 radical (unpaired) electrons. The van der Waals surface area contributed by atoms with E-state index in [-0.39, 0.29) is 18.2 Å². The summed E-state index contributed by atoms with van der Waals surface area (Å²) < 4.78 is 0. The number of primary amides is 1. The van der Waals surface area contributed by atoms with Gasteiger partial charge in [-0.05, 0) is 5.92 Å². The molecule has 0 spiro atoms. The molecule has 17 heavy (non-hydrogen) atoms. The van der Waals surface area contributed by atoms with Gasteiger partial charge < -0.3 is 16.8 Å². The Bertz CT molecular complexity index is 416. The molecule has 0 aliphatic carbocycles. The van der Waals surface area contributed by atoms with Crippen molar-refractivity contribution in [3.8, 4) is 0 Å². The zero-order valence-electron chi connectivity index (χ0n) is 9.77. The van der Waals surface area contributed by atoms with Gasteiger partial charge in [0.05, 0.1) is 12.1 Å². The van der Waals surface area contributed by atoms with Crippen LogP contribution in [0.2, 0.25) is 0 Å². The lowest BCUT2D eigenvalue weighted by Gasteiger charge is -2.18. The summed E-state index contributed by atoms with van der Waals surface area (Å²) in [6, 6.07) is -0.654. The van der Waals surface area contributed by atoms with Crippen LogP contribution in [0.4, 0.5) is 5.13 Å². The van der Waals surface area contributed by atoms with Crippen LogP contribution in [-0.2, 0) is 16.0 Å². The molecule has 1 unspecified atom stereocenters. The largest absolute Gasteiger partial charge is 0.375 e. The van der Waals surface area contributed by atoms with E-state index in [9.17, 15) is 9.59 Å². The zero-order chi connectivity index (χ0) is 13.0. The van der Waals surface area contributed by atoms with E-state index in [2.05, 4.69) is 10.3 Å². The summed E-state index contributed by atoms with van der Waals surface area (Å²) in [6.07, 6.45) is 0.101. The van der Waals surface area contributed by atoms with Crippen molar-refractivity contribution in [3.05, 3.63) is 11.1 Å². The van der Waals surface area contributed by atoms with Gasteiger partial charge in [-0.3, -0.25) is 9.59 Å². The van der Waals surface area contributed by atoms with Crippen LogP contribution < -0.4 is 16.8 Å². The number of carbonyl (C=O) groups is 2. The SMILES string of the molecule is CC(C)C(NC(=O)Cc1csc(N)n1)C(N)=O. The minimum atomic E-state index is -0.654. The van der Waals surface area contributed by atoms with Gasteiger partial charge in [0.15, 0.2) is 5.13 Å². The molecule has 94 valence electrons. The highest BCUT2D eigenvalue weighted by molar-refractivity contribution is 7.13. The number of nitrogens with zero attached hydrogens (tertiary/aromatic N) is 1. The lowest BCUT2D eigenvalue weighted by Crippen LogP contribution is -2.48. The van der Waals surface area contributed by atoms with Gasteiger partial charge in [0, 0.05) is 5.38 Å². The van der Waals surface area contributed by atoms with Crippen molar-refractivity contribution in [2.45, 2.75) is 26.3 Å². The number of rotatable bonds is 5. The second-order valence-corrected chi connectivity index (χ2v) is 4.94. The second kappa shape index (κ2) is 5.62. The van der Waals surface area contributed by atoms with Crippen molar-refractivity contribution >= 4 is 28.3 Å². The van der Waals surface area contributed by atoms with Gasteiger partial charge in [-0.1, -0.05) is 13.8 Å². The lowest BCUT2D eigenvalue weighted by molar-refractivity contribution is -0.128. The van der Waals surface area contributed by atoms with E-state index in [4.69, 9.17) is 11.5 Å². The summed E-state index contributed by atoms with van der Waals surface area (Å²) in [5.41, 5.74) is 11.2. The summed E-state index contributed by atoms with van der Waals surface area (Å²) in [7, 11) is 0. The van der Waals surface area contributed by atoms with E-state index in [1.165, 1.54) is 11.3 Å². The van der Waals surface area contributed by atoms with E-state index in [1.807, 2.05) is 13.8 Å². The Balaban J connectivity index is 2.56. The molecule has 0 saturated carbocycles. The maximum atomic E-state index is 11.6. The number of nitrogens with one attached hydrogen (secondary N) is 1. The Kier molecular flexibility index (Phi) is 4.45. The molecule has 1 atom stereocenters. The van der Waals surface area contributed by atoms with Crippen molar-refractivity contribution in [1.82, 2.24) is 10.3 Å². The number of amides is 2. The highest BCUT2D eigenvalue weighted by atomic mass is 32.1. The maximum absolute atomic E-state index is 11.6. The van der Waals surface area contributed by atoms with Crippen LogP contribution in [0.25, 0.3) is 0 Å². The number of aromatic nitrogens is 1. The van der Waals surface area contributed by atoms with Gasteiger partial charge in [0.1, 0.15) is 6.04 Å². The number of anilines is 1. The predicted molar refractivity (Wildman–Crippen MR) is 66.2 cm³/mol. The molecule has 1 heterocycles. The van der Waals surface area contributed by atoms with Crippen molar-refractivity contribution in [1.29, 1.82) is 0 Å². The lowest BCUT2D eigenvalue weighted by atomic mass is 10.0. The van der Waals surface area contributed by atoms with Gasteiger partial charge in [0.2, 0.25) is 11.8 Å². The molecule has 1 aromatic heterocycles. The van der Waals surface area contributed by atoms with Crippen LogP contribution >= 0.6 is 11.3 Å². The Morgan fingerprint density at radius 1 is 1.53 bits per heavy atom. The number of nitrogen functional groups attached to an aromatic ring is 1. The molecule has 2 amide bonds. The molecule has 0 fully saturated rings. The first-order valence-electron chi connectivity index (χ1n) is 5.18. The zero-order valence-corrected chi connectivity index (χ0v) is 10.6. The Labute approximate surface area is 103 Å². The maximum Gasteiger partial charge on any atom is 0.240 e. The fourth-order valence-corrected chi connectivity index (χ4v) is 1.92. The summed E-state index contributed by atoms with van der Waals surface area (Å²) in [4.78, 5) is 26.7. The monoisotopic (exact) mass is 256 g/mol. The minimum Gasteiger partial charge on any atom is -0.375 e. The summed E-state index contributed by atoms with van der Waals surface area (Å²) in [6.45, 7) is 3.63. The van der Waals surface area contributed by atoms with Crippen molar-refractivity contribution in [2.75, 3.05) is 5.73 Å². The number of thiazole rings is 1. The van der Waals surface area contributed by atoms with Gasteiger partial charge in [-0.25, -0.2) is 4.98 Å². The van der Waals surface area contributed by atoms with E-state index in [0.717, 1.165) is 0 Å². The molecule has 0 saturated heterocycles. The molecular formula is C10H16N4O2S. The smallest absolute Gasteiger partial charge is 0.240 e. The molecule has 0 bridgehead atoms. The molecule has 0 aliphatic rings. The van der Waals surface area contributed by atoms with Crippen LogP contribution in [0.1, 0.15) is 19.5 Å². The Hall–Kier alpha value is -1.63. The highest BCUT2D eigenvalue weighted by Crippen LogP contribution is 2.11. The van der Waals surface area contributed by atoms with Crippen molar-refractivity contribution in [3.63, 3.8) is 0 Å². The van der Waals surface area contributed by atoms with Gasteiger partial charge in [0.25, 0.3) is 0 Å². The third kappa shape index (κ3) is 4.03. The summed E-state index contributed by atoms with van der Waals surface area (Å²) >= 11 is 1.27. The van der Waals surface area contributed by atoms with E-state index >= 15 is 0 Å². The second-order valence-electron chi connectivity index (χ2n) is 4.05. The van der Waals surface area contributed by atoms with Gasteiger partial charge >= 0.3 is 0 Å². The number of carbonyl (C=O) groups excluding carboxylic acids is 2. The molecule has 0 aromatic carbocycles. The number of hydrogen-bond donors (Lipinski definition) is 3. The molecule has 1 rings (SSSR count). The van der Waals surface area contributed by atoms with Crippen LogP contribution in [0.3, 0.4) is 0 Å². The molecule has 7 heteroatoms. The number of hydrogen-bond acceptors (Lipinski definition) is 5. The molecule has 1 aromatic rings. The van der Waals surface area contributed by atoms with E-state index < -0.39 is 11.9 Å². The predicted octanol–water partition coefficient (Wildman–Crippen LogP) is -0.106. The van der Waals surface area contributed by atoms with Crippen LogP contribution in [0, 0.1) is 5.92 Å². The Morgan fingerprint density at radius 2 is 2.18 bits per heavy atom. The first-order chi connectivity index (χ1) is 7.90. The van der Waals surface area contributed by atoms with Crippen molar-refractivity contribution in [2.24, 2.45) is 11.7 Å². The Morgan fingerprint density at radius 3 is 2.59 bits per heavy atom. The third-order valence-corrected chi connectivity index (χ3v) is 2.92. The molecule has 0 aliphatic heterocycles. The van der Waals surface area contributed by atoms with E-state index in [1.54, 1.807) is 5.38 Å². The fourth-order valence-electron chi connectivity index (χ4n) is 1.36. The first-order valence-corrected chi connectivity index (χ1v) is 6.06. The normalized spacial score (nSPS) is 12.4. The van der Waals surface area contributed by atoms with E-state index in [0.29, 0.717) is 10.8 Å². The highest BCUT2D eigenvalue weighted by Gasteiger charge is 2.21. The van der Waals surface area contributed by atoms with Gasteiger partial charge in [-0.2, -0.15) is 0 Å². The average molecular weight is 256 g/mol. The molecular weight excluding hydrogens is 240 g/mol. The van der Waals surface area contributed by atoms with Crippen LogP contribution in [0.5, 0.6) is 0 Å². The first kappa shape index (κ1) is 13.4. The fraction of sp³-hybridized carbons (Fsp3) is 0.500. The van der Waals surface area contributed by atoms with Crippen molar-refractivity contribution < 1.29 is 9.59 Å². The molecule has 5 N–H and O–H groups in total.